The van der Waals surface area contributed by atoms with E-state index in [1.807, 2.05) is 0 Å². The van der Waals surface area contributed by atoms with Crippen LogP contribution in [-0.4, -0.2) is 39.9 Å². The van der Waals surface area contributed by atoms with Gasteiger partial charge in [0.25, 0.3) is 0 Å². The van der Waals surface area contributed by atoms with Crippen molar-refractivity contribution in [1.82, 2.24) is 14.9 Å². The lowest BCUT2D eigenvalue weighted by Crippen LogP contribution is -2.38. The lowest BCUT2D eigenvalue weighted by Gasteiger charge is -2.38. The summed E-state index contributed by atoms with van der Waals surface area (Å²) >= 11 is 1.77. The van der Waals surface area contributed by atoms with E-state index in [0.29, 0.717) is 24.5 Å². The van der Waals surface area contributed by atoms with Gasteiger partial charge >= 0.3 is 5.69 Å². The molecule has 9 heteroatoms. The Hall–Kier alpha value is -2.26. The minimum absolute atomic E-state index is 0.118. The number of nitrogens with one attached hydrogen (secondary N) is 1. The molecule has 0 bridgehead atoms. The second-order valence-electron chi connectivity index (χ2n) is 5.95. The summed E-state index contributed by atoms with van der Waals surface area (Å²) in [6.45, 7) is 1.78. The Balaban J connectivity index is 1.70. The molecule has 2 aromatic heterocycles. The highest BCUT2D eigenvalue weighted by molar-refractivity contribution is 7.10. The summed E-state index contributed by atoms with van der Waals surface area (Å²) in [4.78, 5) is 21.9. The molecule has 2 atom stereocenters. The van der Waals surface area contributed by atoms with Crippen LogP contribution in [-0.2, 0) is 0 Å². The highest BCUT2D eigenvalue weighted by Gasteiger charge is 2.31. The third-order valence-corrected chi connectivity index (χ3v) is 5.30. The number of nitrogens with two attached hydrogens (primary N) is 1. The SMILES string of the molecule is CN1CCCC(CNc2ncc([N+](=O)[O-])c(N)n2)C1c1cccs1. The van der Waals surface area contributed by atoms with E-state index in [0.717, 1.165) is 25.6 Å². The fourth-order valence-electron chi connectivity index (χ4n) is 3.22. The van der Waals surface area contributed by atoms with Gasteiger partial charge in [0.2, 0.25) is 11.8 Å². The second-order valence-corrected chi connectivity index (χ2v) is 6.92. The van der Waals surface area contributed by atoms with Crippen LogP contribution in [0.2, 0.25) is 0 Å². The summed E-state index contributed by atoms with van der Waals surface area (Å²) in [5, 5.41) is 16.1. The first-order chi connectivity index (χ1) is 11.6. The van der Waals surface area contributed by atoms with Crippen molar-refractivity contribution in [2.45, 2.75) is 18.9 Å². The molecule has 0 aromatic carbocycles. The van der Waals surface area contributed by atoms with Gasteiger partial charge in [-0.15, -0.1) is 11.3 Å². The number of nitro groups is 1. The van der Waals surface area contributed by atoms with Crippen LogP contribution in [0.5, 0.6) is 0 Å². The van der Waals surface area contributed by atoms with Crippen LogP contribution in [0.1, 0.15) is 23.8 Å². The monoisotopic (exact) mass is 348 g/mol. The number of nitrogen functional groups attached to an aromatic ring is 1. The molecule has 2 aromatic rings. The number of anilines is 2. The molecule has 1 saturated heterocycles. The van der Waals surface area contributed by atoms with Gasteiger partial charge in [0.15, 0.2) is 0 Å². The normalized spacial score (nSPS) is 21.5. The molecule has 3 heterocycles. The average Bonchev–Trinajstić information content (AvgIpc) is 3.06. The number of likely N-dealkylation sites (tertiary alicyclic amines) is 1. The fraction of sp³-hybridized carbons (Fsp3) is 0.467. The molecule has 3 N–H and O–H groups in total. The first kappa shape index (κ1) is 16.6. The minimum atomic E-state index is -0.581. The van der Waals surface area contributed by atoms with Crippen LogP contribution >= 0.6 is 11.3 Å². The van der Waals surface area contributed by atoms with Crippen LogP contribution in [0.4, 0.5) is 17.5 Å². The van der Waals surface area contributed by atoms with Gasteiger partial charge in [-0.1, -0.05) is 6.07 Å². The number of rotatable bonds is 5. The van der Waals surface area contributed by atoms with Crippen molar-refractivity contribution in [3.8, 4) is 0 Å². The summed E-state index contributed by atoms with van der Waals surface area (Å²) in [5.74, 6) is 0.631. The summed E-state index contributed by atoms with van der Waals surface area (Å²) in [6.07, 6.45) is 3.41. The van der Waals surface area contributed by atoms with Crippen molar-refractivity contribution in [2.75, 3.05) is 31.2 Å². The maximum absolute atomic E-state index is 10.8. The van der Waals surface area contributed by atoms with E-state index in [-0.39, 0.29) is 11.5 Å². The van der Waals surface area contributed by atoms with Crippen molar-refractivity contribution in [2.24, 2.45) is 5.92 Å². The molecule has 0 spiro atoms. The van der Waals surface area contributed by atoms with Crippen molar-refractivity contribution in [3.05, 3.63) is 38.7 Å². The van der Waals surface area contributed by atoms with E-state index in [9.17, 15) is 10.1 Å². The van der Waals surface area contributed by atoms with Crippen molar-refractivity contribution >= 4 is 28.8 Å². The third kappa shape index (κ3) is 3.46. The molecule has 2 unspecified atom stereocenters. The van der Waals surface area contributed by atoms with Crippen LogP contribution < -0.4 is 11.1 Å². The van der Waals surface area contributed by atoms with E-state index >= 15 is 0 Å². The predicted octanol–water partition coefficient (Wildman–Crippen LogP) is 2.52. The molecule has 0 aliphatic carbocycles. The Bertz CT molecular complexity index is 708. The second kappa shape index (κ2) is 7.10. The highest BCUT2D eigenvalue weighted by atomic mass is 32.1. The zero-order valence-corrected chi connectivity index (χ0v) is 14.2. The number of aromatic nitrogens is 2. The van der Waals surface area contributed by atoms with E-state index in [2.05, 4.69) is 44.7 Å². The van der Waals surface area contributed by atoms with Gasteiger partial charge in [0.05, 0.1) is 4.92 Å². The Kier molecular flexibility index (Phi) is 4.91. The predicted molar refractivity (Wildman–Crippen MR) is 94.0 cm³/mol. The summed E-state index contributed by atoms with van der Waals surface area (Å²) in [5.41, 5.74) is 5.35. The molecule has 24 heavy (non-hydrogen) atoms. The molecule has 0 saturated carbocycles. The van der Waals surface area contributed by atoms with E-state index < -0.39 is 4.92 Å². The minimum Gasteiger partial charge on any atom is -0.378 e. The molecule has 1 fully saturated rings. The van der Waals surface area contributed by atoms with Gasteiger partial charge in [-0.05, 0) is 43.8 Å². The highest BCUT2D eigenvalue weighted by Crippen LogP contribution is 2.37. The van der Waals surface area contributed by atoms with Gasteiger partial charge in [0.1, 0.15) is 6.20 Å². The van der Waals surface area contributed by atoms with E-state index in [4.69, 9.17) is 5.73 Å². The zero-order valence-electron chi connectivity index (χ0n) is 13.4. The Labute approximate surface area is 143 Å². The Morgan fingerprint density at radius 2 is 2.42 bits per heavy atom. The number of hydrogen-bond acceptors (Lipinski definition) is 8. The zero-order chi connectivity index (χ0) is 17.1. The summed E-state index contributed by atoms with van der Waals surface area (Å²) in [6, 6.07) is 4.61. The molecule has 0 amide bonds. The molecule has 1 aliphatic heterocycles. The van der Waals surface area contributed by atoms with Crippen molar-refractivity contribution in [1.29, 1.82) is 0 Å². The first-order valence-corrected chi connectivity index (χ1v) is 8.68. The third-order valence-electron chi connectivity index (χ3n) is 4.36. The summed E-state index contributed by atoms with van der Waals surface area (Å²) in [7, 11) is 2.15. The first-order valence-electron chi connectivity index (χ1n) is 7.80. The Morgan fingerprint density at radius 3 is 3.08 bits per heavy atom. The number of nitrogens with zero attached hydrogens (tertiary/aromatic N) is 4. The van der Waals surface area contributed by atoms with Gasteiger partial charge in [-0.2, -0.15) is 4.98 Å². The number of piperidine rings is 1. The number of thiophene rings is 1. The molecule has 128 valence electrons. The summed E-state index contributed by atoms with van der Waals surface area (Å²) < 4.78 is 0. The average molecular weight is 348 g/mol. The van der Waals surface area contributed by atoms with Gasteiger partial charge in [-0.25, -0.2) is 4.98 Å². The lowest BCUT2D eigenvalue weighted by molar-refractivity contribution is -0.384. The topological polar surface area (TPSA) is 110 Å². The molecular formula is C15H20N6O2S. The van der Waals surface area contributed by atoms with Gasteiger partial charge < -0.3 is 11.1 Å². The van der Waals surface area contributed by atoms with Crippen molar-refractivity contribution < 1.29 is 4.92 Å². The van der Waals surface area contributed by atoms with E-state index in [1.165, 1.54) is 4.88 Å². The Morgan fingerprint density at radius 1 is 1.58 bits per heavy atom. The molecule has 8 nitrogen and oxygen atoms in total. The smallest absolute Gasteiger partial charge is 0.329 e. The van der Waals surface area contributed by atoms with Crippen LogP contribution in [0.25, 0.3) is 0 Å². The van der Waals surface area contributed by atoms with Crippen LogP contribution in [0.15, 0.2) is 23.7 Å². The van der Waals surface area contributed by atoms with Gasteiger partial charge in [-0.3, -0.25) is 15.0 Å². The number of hydrogen-bond donors (Lipinski definition) is 2. The molecule has 1 aliphatic rings. The van der Waals surface area contributed by atoms with Crippen molar-refractivity contribution in [3.63, 3.8) is 0 Å². The largest absolute Gasteiger partial charge is 0.378 e. The van der Waals surface area contributed by atoms with Gasteiger partial charge in [0, 0.05) is 17.5 Å². The maximum atomic E-state index is 10.8. The molecule has 0 radical (unpaired) electrons. The molecule has 3 rings (SSSR count). The standard InChI is InChI=1S/C15H20N6O2S/c1-20-6-2-4-10(13(20)12-5-3-7-24-12)8-17-15-18-9-11(21(22)23)14(16)19-15/h3,5,7,9-10,13H,2,4,6,8H2,1H3,(H3,16,17,18,19). The molecular weight excluding hydrogens is 328 g/mol. The van der Waals surface area contributed by atoms with Crippen LogP contribution in [0.3, 0.4) is 0 Å². The fourth-order valence-corrected chi connectivity index (χ4v) is 4.20. The lowest BCUT2D eigenvalue weighted by atomic mass is 9.88. The maximum Gasteiger partial charge on any atom is 0.329 e. The quantitative estimate of drug-likeness (QED) is 0.631. The van der Waals surface area contributed by atoms with E-state index in [1.54, 1.807) is 11.3 Å². The van der Waals surface area contributed by atoms with Crippen LogP contribution in [0, 0.1) is 16.0 Å².